The van der Waals surface area contributed by atoms with E-state index < -0.39 is 18.0 Å². The Balaban J connectivity index is 2.32. The van der Waals surface area contributed by atoms with Gasteiger partial charge in [0.1, 0.15) is 23.7 Å². The molecule has 0 radical (unpaired) electrons. The number of phenols is 2. The van der Waals surface area contributed by atoms with E-state index in [1.807, 2.05) is 0 Å². The molecule has 1 aliphatic heterocycles. The van der Waals surface area contributed by atoms with Crippen LogP contribution in [0, 0.1) is 0 Å². The van der Waals surface area contributed by atoms with E-state index in [4.69, 9.17) is 9.47 Å². The highest BCUT2D eigenvalue weighted by molar-refractivity contribution is 5.38. The van der Waals surface area contributed by atoms with Crippen LogP contribution in [0.4, 0.5) is 0 Å². The first-order valence-corrected chi connectivity index (χ1v) is 5.41. The number of hydrogen-bond acceptors (Lipinski definition) is 5. The summed E-state index contributed by atoms with van der Waals surface area (Å²) in [6.07, 6.45) is -1.01. The van der Waals surface area contributed by atoms with Crippen molar-refractivity contribution in [3.8, 4) is 11.5 Å². The number of aromatic hydroxyl groups is 2. The van der Waals surface area contributed by atoms with E-state index in [1.165, 1.54) is 18.2 Å². The van der Waals surface area contributed by atoms with E-state index in [1.54, 1.807) is 13.8 Å². The minimum atomic E-state index is -0.793. The van der Waals surface area contributed by atoms with Gasteiger partial charge >= 0.3 is 0 Å². The Kier molecular flexibility index (Phi) is 2.99. The third-order valence-electron chi connectivity index (χ3n) is 2.62. The molecule has 2 atom stereocenters. The standard InChI is InChI=1S/C12H16O5/c1-12(2)16-10(6-13)11(17-12)7-3-8(14)5-9(15)4-7/h3-5,10-11,13-15H,6H2,1-2H3/t10-,11+/m1/s1. The van der Waals surface area contributed by atoms with Gasteiger partial charge in [0.2, 0.25) is 0 Å². The summed E-state index contributed by atoms with van der Waals surface area (Å²) in [5.74, 6) is -0.894. The Morgan fingerprint density at radius 2 is 1.71 bits per heavy atom. The smallest absolute Gasteiger partial charge is 0.164 e. The lowest BCUT2D eigenvalue weighted by Gasteiger charge is -2.17. The molecule has 2 rings (SSSR count). The Hall–Kier alpha value is -1.30. The minimum Gasteiger partial charge on any atom is -0.508 e. The molecule has 5 nitrogen and oxygen atoms in total. The Bertz CT molecular complexity index is 395. The molecule has 1 aromatic rings. The minimum absolute atomic E-state index is 0.0509. The van der Waals surface area contributed by atoms with Crippen molar-refractivity contribution in [3.63, 3.8) is 0 Å². The van der Waals surface area contributed by atoms with Crippen molar-refractivity contribution in [2.24, 2.45) is 0 Å². The molecule has 94 valence electrons. The number of rotatable bonds is 2. The Labute approximate surface area is 99.2 Å². The van der Waals surface area contributed by atoms with Crippen LogP contribution in [-0.4, -0.2) is 33.8 Å². The van der Waals surface area contributed by atoms with Gasteiger partial charge in [0, 0.05) is 6.07 Å². The quantitative estimate of drug-likeness (QED) is 0.725. The van der Waals surface area contributed by atoms with Crippen LogP contribution in [0.15, 0.2) is 18.2 Å². The molecule has 1 saturated heterocycles. The fraction of sp³-hybridized carbons (Fsp3) is 0.500. The number of phenolic OH excluding ortho intramolecular Hbond substituents is 2. The summed E-state index contributed by atoms with van der Waals surface area (Å²) < 4.78 is 11.2. The van der Waals surface area contributed by atoms with Crippen LogP contribution in [0.25, 0.3) is 0 Å². The van der Waals surface area contributed by atoms with E-state index in [0.29, 0.717) is 5.56 Å². The third-order valence-corrected chi connectivity index (χ3v) is 2.62. The molecule has 1 heterocycles. The molecule has 0 saturated carbocycles. The monoisotopic (exact) mass is 240 g/mol. The number of hydrogen-bond donors (Lipinski definition) is 3. The fourth-order valence-corrected chi connectivity index (χ4v) is 2.03. The van der Waals surface area contributed by atoms with Crippen molar-refractivity contribution in [2.75, 3.05) is 6.61 Å². The Morgan fingerprint density at radius 3 is 2.24 bits per heavy atom. The van der Waals surface area contributed by atoms with E-state index in [-0.39, 0.29) is 18.1 Å². The van der Waals surface area contributed by atoms with Crippen LogP contribution in [-0.2, 0) is 9.47 Å². The van der Waals surface area contributed by atoms with Crippen LogP contribution in [0.3, 0.4) is 0 Å². The van der Waals surface area contributed by atoms with Gasteiger partial charge in [0.05, 0.1) is 6.61 Å². The second-order valence-corrected chi connectivity index (χ2v) is 4.56. The van der Waals surface area contributed by atoms with Gasteiger partial charge in [-0.15, -0.1) is 0 Å². The summed E-state index contributed by atoms with van der Waals surface area (Å²) in [4.78, 5) is 0. The lowest BCUT2D eigenvalue weighted by atomic mass is 10.0. The Morgan fingerprint density at radius 1 is 1.12 bits per heavy atom. The number of aliphatic hydroxyl groups excluding tert-OH is 1. The molecule has 17 heavy (non-hydrogen) atoms. The summed E-state index contributed by atoms with van der Waals surface area (Å²) in [6, 6.07) is 4.20. The van der Waals surface area contributed by atoms with Gasteiger partial charge in [-0.2, -0.15) is 0 Å². The third kappa shape index (κ3) is 2.52. The van der Waals surface area contributed by atoms with Crippen LogP contribution >= 0.6 is 0 Å². The maximum atomic E-state index is 9.42. The number of aliphatic hydroxyl groups is 1. The van der Waals surface area contributed by atoms with Crippen molar-refractivity contribution in [2.45, 2.75) is 31.8 Å². The summed E-state index contributed by atoms with van der Waals surface area (Å²) >= 11 is 0. The second kappa shape index (κ2) is 4.18. The molecule has 1 aromatic carbocycles. The topological polar surface area (TPSA) is 79.2 Å². The predicted octanol–water partition coefficient (Wildman–Crippen LogP) is 1.28. The molecular weight excluding hydrogens is 224 g/mol. The second-order valence-electron chi connectivity index (χ2n) is 4.56. The maximum absolute atomic E-state index is 9.42. The van der Waals surface area contributed by atoms with E-state index in [9.17, 15) is 15.3 Å². The summed E-state index contributed by atoms with van der Waals surface area (Å²) in [5, 5.41) is 28.1. The highest BCUT2D eigenvalue weighted by Crippen LogP contribution is 2.39. The molecule has 5 heteroatoms. The molecule has 0 amide bonds. The highest BCUT2D eigenvalue weighted by Gasteiger charge is 2.41. The fourth-order valence-electron chi connectivity index (χ4n) is 2.03. The molecule has 0 bridgehead atoms. The van der Waals surface area contributed by atoms with Gasteiger partial charge in [-0.3, -0.25) is 0 Å². The largest absolute Gasteiger partial charge is 0.508 e. The van der Waals surface area contributed by atoms with Crippen LogP contribution < -0.4 is 0 Å². The van der Waals surface area contributed by atoms with Crippen molar-refractivity contribution in [1.29, 1.82) is 0 Å². The average Bonchev–Trinajstić information content (AvgIpc) is 2.52. The molecule has 0 spiro atoms. The first kappa shape index (κ1) is 12.2. The first-order chi connectivity index (χ1) is 7.91. The van der Waals surface area contributed by atoms with E-state index >= 15 is 0 Å². The zero-order valence-electron chi connectivity index (χ0n) is 9.75. The lowest BCUT2D eigenvalue weighted by molar-refractivity contribution is -0.149. The summed E-state index contributed by atoms with van der Waals surface area (Å²) in [5.41, 5.74) is 0.576. The van der Waals surface area contributed by atoms with Gasteiger partial charge in [0.15, 0.2) is 5.79 Å². The zero-order chi connectivity index (χ0) is 12.6. The van der Waals surface area contributed by atoms with E-state index in [2.05, 4.69) is 0 Å². The van der Waals surface area contributed by atoms with Gasteiger partial charge in [-0.25, -0.2) is 0 Å². The first-order valence-electron chi connectivity index (χ1n) is 5.41. The van der Waals surface area contributed by atoms with Crippen LogP contribution in [0.1, 0.15) is 25.5 Å². The summed E-state index contributed by atoms with van der Waals surface area (Å²) in [6.45, 7) is 3.31. The molecule has 1 aliphatic rings. The van der Waals surface area contributed by atoms with Crippen molar-refractivity contribution < 1.29 is 24.8 Å². The SMILES string of the molecule is CC1(C)O[C@H](CO)[C@H](c2cc(O)cc(O)c2)O1. The maximum Gasteiger partial charge on any atom is 0.164 e. The van der Waals surface area contributed by atoms with Gasteiger partial charge in [-0.05, 0) is 31.5 Å². The zero-order valence-corrected chi connectivity index (χ0v) is 9.75. The molecular formula is C12H16O5. The number of benzene rings is 1. The normalized spacial score (nSPS) is 27.2. The predicted molar refractivity (Wildman–Crippen MR) is 59.6 cm³/mol. The van der Waals surface area contributed by atoms with Crippen molar-refractivity contribution in [1.82, 2.24) is 0 Å². The molecule has 0 unspecified atom stereocenters. The highest BCUT2D eigenvalue weighted by atomic mass is 16.8. The molecule has 3 N–H and O–H groups in total. The van der Waals surface area contributed by atoms with Gasteiger partial charge in [0.25, 0.3) is 0 Å². The van der Waals surface area contributed by atoms with E-state index in [0.717, 1.165) is 0 Å². The van der Waals surface area contributed by atoms with Gasteiger partial charge < -0.3 is 24.8 Å². The van der Waals surface area contributed by atoms with Crippen LogP contribution in [0.2, 0.25) is 0 Å². The lowest BCUT2D eigenvalue weighted by Crippen LogP contribution is -2.23. The molecule has 0 aromatic heterocycles. The summed E-state index contributed by atoms with van der Waals surface area (Å²) in [7, 11) is 0. The van der Waals surface area contributed by atoms with Crippen LogP contribution in [0.5, 0.6) is 11.5 Å². The van der Waals surface area contributed by atoms with Gasteiger partial charge in [-0.1, -0.05) is 0 Å². The average molecular weight is 240 g/mol. The van der Waals surface area contributed by atoms with Crippen molar-refractivity contribution >= 4 is 0 Å². The van der Waals surface area contributed by atoms with Crippen molar-refractivity contribution in [3.05, 3.63) is 23.8 Å². The molecule has 0 aliphatic carbocycles. The number of ether oxygens (including phenoxy) is 2. The molecule has 1 fully saturated rings.